The van der Waals surface area contributed by atoms with E-state index in [9.17, 15) is 9.59 Å². The van der Waals surface area contributed by atoms with Crippen LogP contribution in [-0.4, -0.2) is 18.4 Å². The van der Waals surface area contributed by atoms with Gasteiger partial charge in [0.2, 0.25) is 11.8 Å². The van der Waals surface area contributed by atoms with Crippen LogP contribution in [0.15, 0.2) is 18.2 Å². The molecule has 0 radical (unpaired) electrons. The molecule has 4 nitrogen and oxygen atoms in total. The van der Waals surface area contributed by atoms with Crippen LogP contribution >= 0.6 is 23.2 Å². The second kappa shape index (κ2) is 6.02. The summed E-state index contributed by atoms with van der Waals surface area (Å²) in [6.45, 7) is 2.53. The average Bonchev–Trinajstić information content (AvgIpc) is 3.21. The van der Waals surface area contributed by atoms with Gasteiger partial charge in [0.1, 0.15) is 5.41 Å². The van der Waals surface area contributed by atoms with Crippen molar-refractivity contribution in [1.82, 2.24) is 5.32 Å². The van der Waals surface area contributed by atoms with Crippen molar-refractivity contribution >= 4 is 40.7 Å². The molecule has 1 saturated carbocycles. The van der Waals surface area contributed by atoms with Crippen LogP contribution in [0.1, 0.15) is 26.2 Å². The first-order valence-corrected chi connectivity index (χ1v) is 7.30. The third-order valence-corrected chi connectivity index (χ3v) is 3.99. The molecular weight excluding hydrogens is 299 g/mol. The number of hydrogen-bond donors (Lipinski definition) is 2. The Morgan fingerprint density at radius 3 is 2.30 bits per heavy atom. The minimum absolute atomic E-state index is 0.222. The number of carbonyl (C=O) groups excluding carboxylic acids is 2. The van der Waals surface area contributed by atoms with Crippen molar-refractivity contribution in [1.29, 1.82) is 0 Å². The number of benzene rings is 1. The number of para-hydroxylation sites is 1. The molecule has 2 N–H and O–H groups in total. The second-order valence-electron chi connectivity index (χ2n) is 4.89. The lowest BCUT2D eigenvalue weighted by Gasteiger charge is -2.16. The third-order valence-electron chi connectivity index (χ3n) is 3.36. The Kier molecular flexibility index (Phi) is 4.55. The largest absolute Gasteiger partial charge is 0.355 e. The van der Waals surface area contributed by atoms with Gasteiger partial charge in [-0.25, -0.2) is 0 Å². The molecule has 0 saturated heterocycles. The van der Waals surface area contributed by atoms with E-state index < -0.39 is 5.41 Å². The quantitative estimate of drug-likeness (QED) is 0.820. The molecule has 1 aliphatic rings. The minimum Gasteiger partial charge on any atom is -0.355 e. The number of halogens is 2. The molecule has 2 amide bonds. The molecule has 108 valence electrons. The maximum absolute atomic E-state index is 12.3. The predicted octanol–water partition coefficient (Wildman–Crippen LogP) is 3.24. The van der Waals surface area contributed by atoms with Crippen molar-refractivity contribution in [3.05, 3.63) is 28.2 Å². The smallest absolute Gasteiger partial charge is 0.240 e. The second-order valence-corrected chi connectivity index (χ2v) is 5.70. The molecule has 0 unspecified atom stereocenters. The van der Waals surface area contributed by atoms with Crippen molar-refractivity contribution in [2.45, 2.75) is 26.2 Å². The van der Waals surface area contributed by atoms with Crippen LogP contribution in [0, 0.1) is 5.41 Å². The van der Waals surface area contributed by atoms with E-state index in [2.05, 4.69) is 10.6 Å². The van der Waals surface area contributed by atoms with Gasteiger partial charge in [0.15, 0.2) is 0 Å². The molecule has 1 aromatic rings. The van der Waals surface area contributed by atoms with Crippen LogP contribution in [0.3, 0.4) is 0 Å². The highest BCUT2D eigenvalue weighted by molar-refractivity contribution is 6.40. The first kappa shape index (κ1) is 15.1. The first-order valence-electron chi connectivity index (χ1n) is 6.55. The molecule has 0 spiro atoms. The number of amides is 2. The van der Waals surface area contributed by atoms with Gasteiger partial charge < -0.3 is 10.6 Å². The lowest BCUT2D eigenvalue weighted by atomic mass is 10.0. The SMILES string of the molecule is CCCNC(=O)C1(C(=O)Nc2c(Cl)cccc2Cl)CC1. The van der Waals surface area contributed by atoms with E-state index in [1.165, 1.54) is 0 Å². The topological polar surface area (TPSA) is 58.2 Å². The summed E-state index contributed by atoms with van der Waals surface area (Å²) in [6, 6.07) is 4.97. The maximum Gasteiger partial charge on any atom is 0.240 e. The standard InChI is InChI=1S/C14H16Cl2N2O2/c1-2-8-17-12(19)14(6-7-14)13(20)18-11-9(15)4-3-5-10(11)16/h3-5H,2,6-8H2,1H3,(H,17,19)(H,18,20). The predicted molar refractivity (Wildman–Crippen MR) is 80.1 cm³/mol. The molecule has 1 aliphatic carbocycles. The molecule has 0 bridgehead atoms. The van der Waals surface area contributed by atoms with Gasteiger partial charge in [-0.1, -0.05) is 36.2 Å². The zero-order valence-corrected chi connectivity index (χ0v) is 12.6. The highest BCUT2D eigenvalue weighted by Crippen LogP contribution is 2.47. The van der Waals surface area contributed by atoms with Gasteiger partial charge >= 0.3 is 0 Å². The number of carbonyl (C=O) groups is 2. The lowest BCUT2D eigenvalue weighted by Crippen LogP contribution is -2.40. The number of hydrogen-bond acceptors (Lipinski definition) is 2. The third kappa shape index (κ3) is 2.91. The average molecular weight is 315 g/mol. The van der Waals surface area contributed by atoms with E-state index in [-0.39, 0.29) is 11.8 Å². The fourth-order valence-corrected chi connectivity index (χ4v) is 2.43. The summed E-state index contributed by atoms with van der Waals surface area (Å²) in [5, 5.41) is 6.15. The van der Waals surface area contributed by atoms with E-state index in [4.69, 9.17) is 23.2 Å². The molecule has 0 heterocycles. The van der Waals surface area contributed by atoms with Crippen LogP contribution < -0.4 is 10.6 Å². The zero-order chi connectivity index (χ0) is 14.8. The van der Waals surface area contributed by atoms with E-state index in [0.717, 1.165) is 6.42 Å². The van der Waals surface area contributed by atoms with Crippen molar-refractivity contribution < 1.29 is 9.59 Å². The number of rotatable bonds is 5. The monoisotopic (exact) mass is 314 g/mol. The number of anilines is 1. The lowest BCUT2D eigenvalue weighted by molar-refractivity contribution is -0.134. The summed E-state index contributed by atoms with van der Waals surface area (Å²) >= 11 is 12.0. The van der Waals surface area contributed by atoms with Gasteiger partial charge in [0.05, 0.1) is 15.7 Å². The van der Waals surface area contributed by atoms with E-state index >= 15 is 0 Å². The van der Waals surface area contributed by atoms with Crippen LogP contribution in [-0.2, 0) is 9.59 Å². The van der Waals surface area contributed by atoms with Gasteiger partial charge in [0.25, 0.3) is 0 Å². The molecule has 0 atom stereocenters. The Hall–Kier alpha value is -1.26. The Labute approximate surface area is 127 Å². The van der Waals surface area contributed by atoms with E-state index in [1.807, 2.05) is 6.92 Å². The van der Waals surface area contributed by atoms with Crippen molar-refractivity contribution in [3.8, 4) is 0 Å². The summed E-state index contributed by atoms with van der Waals surface area (Å²) < 4.78 is 0. The van der Waals surface area contributed by atoms with Gasteiger partial charge in [0, 0.05) is 6.54 Å². The van der Waals surface area contributed by atoms with Crippen LogP contribution in [0.5, 0.6) is 0 Å². The maximum atomic E-state index is 12.3. The van der Waals surface area contributed by atoms with E-state index in [0.29, 0.717) is 35.1 Å². The fourth-order valence-electron chi connectivity index (χ4n) is 1.94. The van der Waals surface area contributed by atoms with Gasteiger partial charge in [-0.3, -0.25) is 9.59 Å². The summed E-state index contributed by atoms with van der Waals surface area (Å²) in [5.74, 6) is -0.568. The molecular formula is C14H16Cl2N2O2. The Morgan fingerprint density at radius 2 is 1.80 bits per heavy atom. The number of nitrogens with one attached hydrogen (secondary N) is 2. The van der Waals surface area contributed by atoms with Crippen LogP contribution in [0.2, 0.25) is 10.0 Å². The Bertz CT molecular complexity index is 522. The molecule has 0 aliphatic heterocycles. The molecule has 0 aromatic heterocycles. The molecule has 1 aromatic carbocycles. The van der Waals surface area contributed by atoms with Gasteiger partial charge in [-0.05, 0) is 31.4 Å². The summed E-state index contributed by atoms with van der Waals surface area (Å²) in [6.07, 6.45) is 1.94. The minimum atomic E-state index is -0.961. The normalized spacial score (nSPS) is 15.6. The fraction of sp³-hybridized carbons (Fsp3) is 0.429. The Morgan fingerprint density at radius 1 is 1.20 bits per heavy atom. The summed E-state index contributed by atoms with van der Waals surface area (Å²) in [4.78, 5) is 24.4. The van der Waals surface area contributed by atoms with Crippen molar-refractivity contribution in [2.24, 2.45) is 5.41 Å². The van der Waals surface area contributed by atoms with Crippen LogP contribution in [0.4, 0.5) is 5.69 Å². The highest BCUT2D eigenvalue weighted by atomic mass is 35.5. The molecule has 2 rings (SSSR count). The van der Waals surface area contributed by atoms with Crippen LogP contribution in [0.25, 0.3) is 0 Å². The summed E-state index contributed by atoms with van der Waals surface area (Å²) in [5.41, 5.74) is -0.604. The molecule has 20 heavy (non-hydrogen) atoms. The van der Waals surface area contributed by atoms with E-state index in [1.54, 1.807) is 18.2 Å². The summed E-state index contributed by atoms with van der Waals surface area (Å²) in [7, 11) is 0. The van der Waals surface area contributed by atoms with Crippen molar-refractivity contribution in [2.75, 3.05) is 11.9 Å². The zero-order valence-electron chi connectivity index (χ0n) is 11.1. The molecule has 1 fully saturated rings. The van der Waals surface area contributed by atoms with Crippen molar-refractivity contribution in [3.63, 3.8) is 0 Å². The van der Waals surface area contributed by atoms with Gasteiger partial charge in [-0.15, -0.1) is 0 Å². The highest BCUT2D eigenvalue weighted by Gasteiger charge is 2.56. The molecule has 6 heteroatoms. The Balaban J connectivity index is 2.10. The van der Waals surface area contributed by atoms with Gasteiger partial charge in [-0.2, -0.15) is 0 Å². The first-order chi connectivity index (χ1) is 9.51.